The number of rotatable bonds is 3. The lowest BCUT2D eigenvalue weighted by molar-refractivity contribution is -0.276. The fourth-order valence-corrected chi connectivity index (χ4v) is 1.48. The Bertz CT molecular complexity index is 528. The minimum atomic E-state index is -5.42. The molecule has 0 saturated carbocycles. The summed E-state index contributed by atoms with van der Waals surface area (Å²) in [5.41, 5.74) is 0.982. The molecule has 0 bridgehead atoms. The van der Waals surface area contributed by atoms with Gasteiger partial charge in [-0.2, -0.15) is 13.2 Å². The molecule has 1 aromatic heterocycles. The molecule has 0 aromatic carbocycles. The molecule has 0 amide bonds. The zero-order chi connectivity index (χ0) is 15.7. The number of hydrogen-bond acceptors (Lipinski definition) is 4. The summed E-state index contributed by atoms with van der Waals surface area (Å²) in [5.74, 6) is -1.68. The predicted molar refractivity (Wildman–Crippen MR) is 54.0 cm³/mol. The summed E-state index contributed by atoms with van der Waals surface area (Å²) in [5, 5.41) is -1.62. The van der Waals surface area contributed by atoms with Crippen LogP contribution in [-0.2, 0) is 12.7 Å². The molecule has 1 heterocycles. The number of carbonyl (C=O) groups excluding carboxylic acids is 1. The van der Waals surface area contributed by atoms with Crippen molar-refractivity contribution >= 4 is 16.8 Å². The molecule has 1 rings (SSSR count). The van der Waals surface area contributed by atoms with Gasteiger partial charge in [-0.15, -0.1) is 13.2 Å². The van der Waals surface area contributed by atoms with E-state index >= 15 is 0 Å². The number of aromatic nitrogens is 1. The molecule has 20 heavy (non-hydrogen) atoms. The highest BCUT2D eigenvalue weighted by Crippen LogP contribution is 2.42. The van der Waals surface area contributed by atoms with E-state index in [1.165, 1.54) is 0 Å². The fourth-order valence-electron chi connectivity index (χ4n) is 1.33. The van der Waals surface area contributed by atoms with Crippen LogP contribution in [0.2, 0.25) is 0 Å². The predicted octanol–water partition coefficient (Wildman–Crippen LogP) is 2.84. The van der Waals surface area contributed by atoms with E-state index in [0.29, 0.717) is 6.20 Å². The van der Waals surface area contributed by atoms with Gasteiger partial charge in [-0.25, -0.2) is 0 Å². The molecule has 0 aliphatic heterocycles. The minimum absolute atomic E-state index is 0.392. The number of nitrogens with two attached hydrogens (primary N) is 1. The van der Waals surface area contributed by atoms with Gasteiger partial charge in [0, 0.05) is 12.7 Å². The van der Waals surface area contributed by atoms with Crippen molar-refractivity contribution < 1.29 is 35.9 Å². The van der Waals surface area contributed by atoms with Crippen LogP contribution in [0.4, 0.5) is 26.3 Å². The van der Waals surface area contributed by atoms with Gasteiger partial charge >= 0.3 is 12.5 Å². The van der Waals surface area contributed by atoms with E-state index in [1.54, 1.807) is 0 Å². The summed E-state index contributed by atoms with van der Waals surface area (Å²) in [4.78, 5) is 14.1. The standard InChI is InChI=1S/C9H5ClF6N2O2/c10-7(19)3-2-18-4(1-17)6(20-9(14,15)16)5(3)8(11,12)13/h2H,1,17H2. The summed E-state index contributed by atoms with van der Waals surface area (Å²) in [6, 6.07) is 0. The van der Waals surface area contributed by atoms with Crippen LogP contribution < -0.4 is 10.5 Å². The number of carbonyl (C=O) groups is 1. The van der Waals surface area contributed by atoms with E-state index < -0.39 is 46.9 Å². The van der Waals surface area contributed by atoms with Gasteiger partial charge in [0.25, 0.3) is 5.24 Å². The first kappa shape index (κ1) is 16.5. The van der Waals surface area contributed by atoms with Crippen LogP contribution in [-0.4, -0.2) is 16.6 Å². The normalized spacial score (nSPS) is 12.4. The van der Waals surface area contributed by atoms with Crippen molar-refractivity contribution in [2.45, 2.75) is 19.1 Å². The Kier molecular flexibility index (Phi) is 4.49. The lowest BCUT2D eigenvalue weighted by atomic mass is 10.1. The Balaban J connectivity index is 3.65. The average Bonchev–Trinajstić information content (AvgIpc) is 2.24. The van der Waals surface area contributed by atoms with Crippen molar-refractivity contribution in [2.75, 3.05) is 0 Å². The van der Waals surface area contributed by atoms with Gasteiger partial charge in [-0.1, -0.05) is 0 Å². The molecule has 0 unspecified atom stereocenters. The molecule has 2 N–H and O–H groups in total. The van der Waals surface area contributed by atoms with Gasteiger partial charge in [0.15, 0.2) is 5.75 Å². The SMILES string of the molecule is NCc1ncc(C(=O)Cl)c(C(F)(F)F)c1OC(F)(F)F. The van der Waals surface area contributed by atoms with Gasteiger partial charge < -0.3 is 10.5 Å². The molecule has 0 fully saturated rings. The molecule has 0 atom stereocenters. The van der Waals surface area contributed by atoms with Gasteiger partial charge in [-0.3, -0.25) is 9.78 Å². The highest BCUT2D eigenvalue weighted by atomic mass is 35.5. The van der Waals surface area contributed by atoms with Crippen molar-refractivity contribution in [3.8, 4) is 5.75 Å². The van der Waals surface area contributed by atoms with Crippen LogP contribution in [0.25, 0.3) is 0 Å². The highest BCUT2D eigenvalue weighted by Gasteiger charge is 2.44. The molecule has 4 nitrogen and oxygen atoms in total. The number of alkyl halides is 6. The van der Waals surface area contributed by atoms with Crippen molar-refractivity contribution in [3.63, 3.8) is 0 Å². The Morgan fingerprint density at radius 1 is 1.30 bits per heavy atom. The Labute approximate surface area is 112 Å². The minimum Gasteiger partial charge on any atom is -0.403 e. The summed E-state index contributed by atoms with van der Waals surface area (Å²) in [6.07, 6.45) is -10.3. The van der Waals surface area contributed by atoms with Gasteiger partial charge in [0.05, 0.1) is 11.3 Å². The smallest absolute Gasteiger partial charge is 0.403 e. The Morgan fingerprint density at radius 2 is 1.85 bits per heavy atom. The maximum Gasteiger partial charge on any atom is 0.573 e. The van der Waals surface area contributed by atoms with Crippen LogP contribution in [0, 0.1) is 0 Å². The van der Waals surface area contributed by atoms with Gasteiger partial charge in [0.1, 0.15) is 5.56 Å². The third kappa shape index (κ3) is 3.73. The summed E-state index contributed by atoms with van der Waals surface area (Å²) < 4.78 is 78.3. The summed E-state index contributed by atoms with van der Waals surface area (Å²) >= 11 is 4.91. The Hall–Kier alpha value is -1.55. The number of hydrogen-bond donors (Lipinski definition) is 1. The molecule has 11 heteroatoms. The van der Waals surface area contributed by atoms with Gasteiger partial charge in [-0.05, 0) is 11.6 Å². The number of pyridine rings is 1. The quantitative estimate of drug-likeness (QED) is 0.686. The van der Waals surface area contributed by atoms with Crippen molar-refractivity contribution in [1.82, 2.24) is 4.98 Å². The van der Waals surface area contributed by atoms with Crippen LogP contribution >= 0.6 is 11.6 Å². The third-order valence-electron chi connectivity index (χ3n) is 2.01. The monoisotopic (exact) mass is 322 g/mol. The zero-order valence-electron chi connectivity index (χ0n) is 9.27. The topological polar surface area (TPSA) is 65.2 Å². The van der Waals surface area contributed by atoms with Crippen LogP contribution in [0.3, 0.4) is 0 Å². The number of ether oxygens (including phenoxy) is 1. The highest BCUT2D eigenvalue weighted by molar-refractivity contribution is 6.67. The third-order valence-corrected chi connectivity index (χ3v) is 2.22. The van der Waals surface area contributed by atoms with Crippen molar-refractivity contribution in [1.29, 1.82) is 0 Å². The first-order valence-electron chi connectivity index (χ1n) is 4.72. The maximum atomic E-state index is 12.8. The van der Waals surface area contributed by atoms with E-state index in [0.717, 1.165) is 0 Å². The Morgan fingerprint density at radius 3 is 2.20 bits per heavy atom. The lowest BCUT2D eigenvalue weighted by Crippen LogP contribution is -2.24. The lowest BCUT2D eigenvalue weighted by Gasteiger charge is -2.19. The van der Waals surface area contributed by atoms with Gasteiger partial charge in [0.2, 0.25) is 0 Å². The van der Waals surface area contributed by atoms with E-state index in [4.69, 9.17) is 17.3 Å². The first-order valence-corrected chi connectivity index (χ1v) is 5.10. The van der Waals surface area contributed by atoms with E-state index in [2.05, 4.69) is 9.72 Å². The van der Waals surface area contributed by atoms with E-state index in [-0.39, 0.29) is 0 Å². The second kappa shape index (κ2) is 5.44. The second-order valence-electron chi connectivity index (χ2n) is 3.35. The van der Waals surface area contributed by atoms with Crippen LogP contribution in [0.5, 0.6) is 5.75 Å². The van der Waals surface area contributed by atoms with Crippen LogP contribution in [0.1, 0.15) is 21.6 Å². The second-order valence-corrected chi connectivity index (χ2v) is 3.69. The maximum absolute atomic E-state index is 12.8. The first-order chi connectivity index (χ1) is 8.97. The molecular weight excluding hydrogens is 318 g/mol. The van der Waals surface area contributed by atoms with Crippen LogP contribution in [0.15, 0.2) is 6.20 Å². The molecular formula is C9H5ClF6N2O2. The molecule has 0 radical (unpaired) electrons. The van der Waals surface area contributed by atoms with E-state index in [1.807, 2.05) is 0 Å². The summed E-state index contributed by atoms with van der Waals surface area (Å²) in [7, 11) is 0. The van der Waals surface area contributed by atoms with Crippen molar-refractivity contribution in [2.24, 2.45) is 5.73 Å². The largest absolute Gasteiger partial charge is 0.573 e. The molecule has 0 saturated heterocycles. The molecule has 0 aliphatic rings. The zero-order valence-corrected chi connectivity index (χ0v) is 10.0. The summed E-state index contributed by atoms with van der Waals surface area (Å²) in [6.45, 7) is -0.759. The molecule has 0 aliphatic carbocycles. The molecule has 1 aromatic rings. The molecule has 0 spiro atoms. The number of halogens is 7. The average molecular weight is 323 g/mol. The van der Waals surface area contributed by atoms with Crippen molar-refractivity contribution in [3.05, 3.63) is 23.0 Å². The fraction of sp³-hybridized carbons (Fsp3) is 0.333. The molecule has 112 valence electrons. The van der Waals surface area contributed by atoms with E-state index in [9.17, 15) is 31.1 Å². The number of nitrogens with zero attached hydrogens (tertiary/aromatic N) is 1.